The molecule has 0 aliphatic carbocycles. The van der Waals surface area contributed by atoms with Crippen LogP contribution in [0.4, 0.5) is 15.9 Å². The summed E-state index contributed by atoms with van der Waals surface area (Å²) >= 11 is 6.04. The van der Waals surface area contributed by atoms with Gasteiger partial charge in [-0.25, -0.2) is 14.4 Å². The molecule has 1 aliphatic rings. The lowest BCUT2D eigenvalue weighted by atomic mass is 9.96. The fourth-order valence-corrected chi connectivity index (χ4v) is 4.37. The van der Waals surface area contributed by atoms with Crippen LogP contribution in [0, 0.1) is 5.82 Å². The van der Waals surface area contributed by atoms with Gasteiger partial charge in [0.25, 0.3) is 0 Å². The minimum absolute atomic E-state index is 0.0871. The molecular formula is C26H28ClFN4O4. The molecule has 0 spiro atoms. The summed E-state index contributed by atoms with van der Waals surface area (Å²) in [6.45, 7) is 7.81. The quantitative estimate of drug-likeness (QED) is 0.430. The van der Waals surface area contributed by atoms with Gasteiger partial charge in [0.1, 0.15) is 24.1 Å². The zero-order valence-corrected chi connectivity index (χ0v) is 21.1. The number of rotatable bonds is 7. The Bertz CT molecular complexity index is 1300. The van der Waals surface area contributed by atoms with E-state index in [0.717, 1.165) is 0 Å². The molecule has 2 aromatic carbocycles. The Morgan fingerprint density at radius 3 is 2.61 bits per heavy atom. The molecule has 1 amide bonds. The highest BCUT2D eigenvalue weighted by atomic mass is 35.5. The Balaban J connectivity index is 1.67. The molecule has 10 heteroatoms. The maximum Gasteiger partial charge on any atom is 0.245 e. The molecule has 0 atom stereocenters. The molecule has 0 radical (unpaired) electrons. The Morgan fingerprint density at radius 1 is 1.25 bits per heavy atom. The van der Waals surface area contributed by atoms with E-state index in [4.69, 9.17) is 21.1 Å². The minimum atomic E-state index is -1.34. The fraction of sp³-hybridized carbons (Fsp3) is 0.346. The SMILES string of the molecule is C=CC(=O)N1CCC(Oc2cc3c(Nc4cc(Cl)c(F)cc4C(C)(C)O)ncnc3cc2OC)CC1. The van der Waals surface area contributed by atoms with E-state index >= 15 is 0 Å². The van der Waals surface area contributed by atoms with Crippen molar-refractivity contribution in [3.63, 3.8) is 0 Å². The molecule has 190 valence electrons. The molecule has 1 aliphatic heterocycles. The summed E-state index contributed by atoms with van der Waals surface area (Å²) in [5.74, 6) is 0.728. The van der Waals surface area contributed by atoms with Crippen molar-refractivity contribution in [1.29, 1.82) is 0 Å². The van der Waals surface area contributed by atoms with Gasteiger partial charge >= 0.3 is 0 Å². The number of anilines is 2. The van der Waals surface area contributed by atoms with Gasteiger partial charge in [0.05, 0.1) is 23.3 Å². The lowest BCUT2D eigenvalue weighted by Crippen LogP contribution is -2.41. The number of methoxy groups -OCH3 is 1. The third kappa shape index (κ3) is 5.37. The van der Waals surface area contributed by atoms with E-state index in [2.05, 4.69) is 21.9 Å². The van der Waals surface area contributed by atoms with E-state index in [9.17, 15) is 14.3 Å². The Labute approximate surface area is 213 Å². The highest BCUT2D eigenvalue weighted by Crippen LogP contribution is 2.38. The van der Waals surface area contributed by atoms with Crippen LogP contribution >= 0.6 is 11.6 Å². The summed E-state index contributed by atoms with van der Waals surface area (Å²) in [6.07, 6.45) is 3.94. The number of ether oxygens (including phenoxy) is 2. The molecule has 1 fully saturated rings. The van der Waals surface area contributed by atoms with Gasteiger partial charge in [0.2, 0.25) is 5.91 Å². The zero-order chi connectivity index (χ0) is 26.0. The van der Waals surface area contributed by atoms with E-state index in [1.54, 1.807) is 38.0 Å². The Hall–Kier alpha value is -3.43. The maximum atomic E-state index is 14.2. The Kier molecular flexibility index (Phi) is 7.33. The summed E-state index contributed by atoms with van der Waals surface area (Å²) in [4.78, 5) is 22.3. The standard InChI is InChI=1S/C26H28ClFN4O4/c1-5-24(33)32-8-6-15(7-9-32)36-23-10-16-20(13-22(23)35-4)29-14-30-25(16)31-21-12-18(27)19(28)11-17(21)26(2,3)34/h5,10-15,34H,1,6-9H2,2-4H3,(H,29,30,31). The van der Waals surface area contributed by atoms with E-state index in [1.165, 1.54) is 24.5 Å². The van der Waals surface area contributed by atoms with Crippen LogP contribution in [-0.4, -0.2) is 52.2 Å². The third-order valence-electron chi connectivity index (χ3n) is 6.12. The van der Waals surface area contributed by atoms with E-state index in [1.807, 2.05) is 0 Å². The van der Waals surface area contributed by atoms with Gasteiger partial charge < -0.3 is 24.8 Å². The fourth-order valence-electron chi connectivity index (χ4n) is 4.20. The van der Waals surface area contributed by atoms with E-state index in [0.29, 0.717) is 65.4 Å². The zero-order valence-electron chi connectivity index (χ0n) is 20.3. The molecule has 2 N–H and O–H groups in total. The number of hydrogen-bond donors (Lipinski definition) is 2. The van der Waals surface area contributed by atoms with E-state index in [-0.39, 0.29) is 17.0 Å². The first-order chi connectivity index (χ1) is 17.1. The molecule has 0 unspecified atom stereocenters. The van der Waals surface area contributed by atoms with Crippen molar-refractivity contribution < 1.29 is 23.8 Å². The molecule has 3 aromatic rings. The first kappa shape index (κ1) is 25.7. The van der Waals surface area contributed by atoms with Crippen LogP contribution in [0.1, 0.15) is 32.3 Å². The first-order valence-corrected chi connectivity index (χ1v) is 11.9. The number of fused-ring (bicyclic) bond motifs is 1. The number of carbonyl (C=O) groups excluding carboxylic acids is 1. The maximum absolute atomic E-state index is 14.2. The summed E-state index contributed by atoms with van der Waals surface area (Å²) in [6, 6.07) is 6.15. The largest absolute Gasteiger partial charge is 0.493 e. The molecule has 8 nitrogen and oxygen atoms in total. The molecular weight excluding hydrogens is 487 g/mol. The summed E-state index contributed by atoms with van der Waals surface area (Å²) in [5, 5.41) is 14.3. The van der Waals surface area contributed by atoms with Crippen molar-refractivity contribution in [3.05, 3.63) is 59.7 Å². The van der Waals surface area contributed by atoms with Crippen LogP contribution in [-0.2, 0) is 10.4 Å². The van der Waals surface area contributed by atoms with Gasteiger partial charge in [-0.15, -0.1) is 0 Å². The van der Waals surface area contributed by atoms with Crippen LogP contribution in [0.3, 0.4) is 0 Å². The third-order valence-corrected chi connectivity index (χ3v) is 6.40. The first-order valence-electron chi connectivity index (χ1n) is 11.5. The molecule has 1 aromatic heterocycles. The van der Waals surface area contributed by atoms with E-state index < -0.39 is 11.4 Å². The van der Waals surface area contributed by atoms with Gasteiger partial charge in [-0.1, -0.05) is 18.2 Å². The number of benzene rings is 2. The number of carbonyl (C=O) groups is 1. The highest BCUT2D eigenvalue weighted by molar-refractivity contribution is 6.31. The number of hydrogen-bond acceptors (Lipinski definition) is 7. The molecule has 4 rings (SSSR count). The summed E-state index contributed by atoms with van der Waals surface area (Å²) in [7, 11) is 1.55. The van der Waals surface area contributed by atoms with Gasteiger partial charge in [-0.3, -0.25) is 4.79 Å². The van der Waals surface area contributed by atoms with Crippen molar-refractivity contribution in [2.45, 2.75) is 38.4 Å². The molecule has 0 bridgehead atoms. The van der Waals surface area contributed by atoms with Gasteiger partial charge in [0, 0.05) is 48.6 Å². The van der Waals surface area contributed by atoms with Gasteiger partial charge in [-0.05, 0) is 38.1 Å². The molecule has 1 saturated heterocycles. The van der Waals surface area contributed by atoms with Crippen molar-refractivity contribution >= 4 is 39.9 Å². The normalized spacial score (nSPS) is 14.6. The number of likely N-dealkylation sites (tertiary alicyclic amines) is 1. The predicted molar refractivity (Wildman–Crippen MR) is 136 cm³/mol. The number of amides is 1. The number of aromatic nitrogens is 2. The van der Waals surface area contributed by atoms with Crippen LogP contribution < -0.4 is 14.8 Å². The van der Waals surface area contributed by atoms with Crippen LogP contribution in [0.5, 0.6) is 11.5 Å². The molecule has 2 heterocycles. The Morgan fingerprint density at radius 2 is 1.97 bits per heavy atom. The second kappa shape index (κ2) is 10.3. The van der Waals surface area contributed by atoms with Crippen molar-refractivity contribution in [1.82, 2.24) is 14.9 Å². The highest BCUT2D eigenvalue weighted by Gasteiger charge is 2.25. The minimum Gasteiger partial charge on any atom is -0.493 e. The average Bonchev–Trinajstić information content (AvgIpc) is 2.85. The van der Waals surface area contributed by atoms with Crippen LogP contribution in [0.15, 0.2) is 43.2 Å². The monoisotopic (exact) mass is 514 g/mol. The molecule has 36 heavy (non-hydrogen) atoms. The van der Waals surface area contributed by atoms with Crippen molar-refractivity contribution in [2.24, 2.45) is 0 Å². The lowest BCUT2D eigenvalue weighted by molar-refractivity contribution is -0.127. The number of aliphatic hydroxyl groups is 1. The number of nitrogens with one attached hydrogen (secondary N) is 1. The molecule has 0 saturated carbocycles. The topological polar surface area (TPSA) is 96.8 Å². The van der Waals surface area contributed by atoms with Crippen molar-refractivity contribution in [3.8, 4) is 11.5 Å². The smallest absolute Gasteiger partial charge is 0.245 e. The number of nitrogens with zero attached hydrogens (tertiary/aromatic N) is 3. The van der Waals surface area contributed by atoms with Crippen LogP contribution in [0.25, 0.3) is 10.9 Å². The van der Waals surface area contributed by atoms with Gasteiger partial charge in [-0.2, -0.15) is 0 Å². The summed E-state index contributed by atoms with van der Waals surface area (Å²) in [5.41, 5.74) is -0.00909. The van der Waals surface area contributed by atoms with Crippen molar-refractivity contribution in [2.75, 3.05) is 25.5 Å². The second-order valence-electron chi connectivity index (χ2n) is 9.09. The van der Waals surface area contributed by atoms with Gasteiger partial charge in [0.15, 0.2) is 11.5 Å². The predicted octanol–water partition coefficient (Wildman–Crippen LogP) is 4.96. The lowest BCUT2D eigenvalue weighted by Gasteiger charge is -2.31. The van der Waals surface area contributed by atoms with Crippen LogP contribution in [0.2, 0.25) is 5.02 Å². The summed E-state index contributed by atoms with van der Waals surface area (Å²) < 4.78 is 26.0. The number of halogens is 2. The number of piperidine rings is 1. The second-order valence-corrected chi connectivity index (χ2v) is 9.49. The average molecular weight is 515 g/mol.